The van der Waals surface area contributed by atoms with E-state index in [0.29, 0.717) is 0 Å². The highest BCUT2D eigenvalue weighted by Crippen LogP contribution is 2.08. The van der Waals surface area contributed by atoms with Gasteiger partial charge in [0.25, 0.3) is 11.8 Å². The zero-order valence-electron chi connectivity index (χ0n) is 10.5. The van der Waals surface area contributed by atoms with E-state index in [9.17, 15) is 14.4 Å². The van der Waals surface area contributed by atoms with Crippen LogP contribution in [0.2, 0.25) is 0 Å². The van der Waals surface area contributed by atoms with E-state index in [4.69, 9.17) is 4.89 Å². The molecule has 7 nitrogen and oxygen atoms in total. The third kappa shape index (κ3) is 4.54. The van der Waals surface area contributed by atoms with E-state index in [1.807, 2.05) is 0 Å². The van der Waals surface area contributed by atoms with Gasteiger partial charge in [-0.05, 0) is 20.8 Å². The minimum absolute atomic E-state index is 0.0186. The fourth-order valence-corrected chi connectivity index (χ4v) is 1.05. The molecule has 1 aliphatic heterocycles. The van der Waals surface area contributed by atoms with Crippen LogP contribution >= 0.6 is 0 Å². The van der Waals surface area contributed by atoms with Crippen molar-refractivity contribution in [3.63, 3.8) is 0 Å². The molecule has 0 saturated heterocycles. The minimum Gasteiger partial charge on any atom is -0.430 e. The summed E-state index contributed by atoms with van der Waals surface area (Å²) in [6.07, 6.45) is 1.30. The standard InChI is InChI=1S/C11H15NO6/c1-11(2,3)18-17-10(15)16-7-6-12-8(13)4-5-9(12)14/h4-5H,6-7H2,1-3H3. The fourth-order valence-electron chi connectivity index (χ4n) is 1.05. The van der Waals surface area contributed by atoms with Crippen LogP contribution in [-0.4, -0.2) is 41.6 Å². The van der Waals surface area contributed by atoms with Crippen molar-refractivity contribution in [2.24, 2.45) is 0 Å². The van der Waals surface area contributed by atoms with Crippen molar-refractivity contribution in [3.05, 3.63) is 12.2 Å². The highest BCUT2D eigenvalue weighted by molar-refractivity contribution is 6.12. The van der Waals surface area contributed by atoms with Crippen LogP contribution < -0.4 is 0 Å². The Bertz CT molecular complexity index is 363. The molecule has 1 aliphatic rings. The Morgan fingerprint density at radius 2 is 1.78 bits per heavy atom. The first kappa shape index (κ1) is 14.2. The number of carbonyl (C=O) groups is 3. The van der Waals surface area contributed by atoms with Crippen molar-refractivity contribution in [1.29, 1.82) is 0 Å². The first-order valence-electron chi connectivity index (χ1n) is 5.35. The molecule has 0 aromatic carbocycles. The minimum atomic E-state index is -1.02. The molecule has 0 unspecified atom stereocenters. The van der Waals surface area contributed by atoms with Crippen molar-refractivity contribution in [1.82, 2.24) is 4.90 Å². The van der Waals surface area contributed by atoms with Crippen molar-refractivity contribution < 1.29 is 28.9 Å². The number of imide groups is 1. The fraction of sp³-hybridized carbons (Fsp3) is 0.545. The van der Waals surface area contributed by atoms with Gasteiger partial charge >= 0.3 is 6.16 Å². The smallest absolute Gasteiger partial charge is 0.430 e. The van der Waals surface area contributed by atoms with Gasteiger partial charge in [0.15, 0.2) is 0 Å². The Morgan fingerprint density at radius 3 is 2.28 bits per heavy atom. The molecule has 1 rings (SSSR count). The van der Waals surface area contributed by atoms with E-state index in [1.165, 1.54) is 0 Å². The summed E-state index contributed by atoms with van der Waals surface area (Å²) >= 11 is 0. The Morgan fingerprint density at radius 1 is 1.22 bits per heavy atom. The van der Waals surface area contributed by atoms with Gasteiger partial charge in [-0.2, -0.15) is 4.89 Å². The number of hydrogen-bond acceptors (Lipinski definition) is 6. The van der Waals surface area contributed by atoms with Gasteiger partial charge in [0.2, 0.25) is 0 Å². The predicted octanol–water partition coefficient (Wildman–Crippen LogP) is 0.795. The molecule has 7 heteroatoms. The average Bonchev–Trinajstić information content (AvgIpc) is 2.57. The number of nitrogens with zero attached hydrogens (tertiary/aromatic N) is 1. The summed E-state index contributed by atoms with van der Waals surface area (Å²) in [6.45, 7) is 4.94. The summed E-state index contributed by atoms with van der Waals surface area (Å²) in [5.74, 6) is -0.856. The lowest BCUT2D eigenvalue weighted by molar-refractivity contribution is -0.312. The van der Waals surface area contributed by atoms with E-state index in [1.54, 1.807) is 20.8 Å². The first-order valence-corrected chi connectivity index (χ1v) is 5.35. The molecule has 1 heterocycles. The van der Waals surface area contributed by atoms with Crippen LogP contribution in [0, 0.1) is 0 Å². The zero-order chi connectivity index (χ0) is 13.8. The maximum Gasteiger partial charge on any atom is 0.540 e. The molecule has 100 valence electrons. The van der Waals surface area contributed by atoms with Gasteiger partial charge in [0.1, 0.15) is 12.2 Å². The second kappa shape index (κ2) is 5.63. The molecule has 0 N–H and O–H groups in total. The largest absolute Gasteiger partial charge is 0.540 e. The van der Waals surface area contributed by atoms with Crippen LogP contribution in [0.3, 0.4) is 0 Å². The predicted molar refractivity (Wildman–Crippen MR) is 59.1 cm³/mol. The second-order valence-corrected chi connectivity index (χ2v) is 4.54. The summed E-state index contributed by atoms with van der Waals surface area (Å²) < 4.78 is 4.64. The normalized spacial score (nSPS) is 15.2. The van der Waals surface area contributed by atoms with Crippen LogP contribution in [0.5, 0.6) is 0 Å². The van der Waals surface area contributed by atoms with Crippen LogP contribution in [-0.2, 0) is 24.1 Å². The van der Waals surface area contributed by atoms with Crippen molar-refractivity contribution in [2.45, 2.75) is 26.4 Å². The topological polar surface area (TPSA) is 82.1 Å². The molecule has 0 saturated carbocycles. The van der Waals surface area contributed by atoms with E-state index >= 15 is 0 Å². The average molecular weight is 257 g/mol. The van der Waals surface area contributed by atoms with Crippen LogP contribution in [0.1, 0.15) is 20.8 Å². The highest BCUT2D eigenvalue weighted by Gasteiger charge is 2.23. The Labute approximate surface area is 104 Å². The summed E-state index contributed by atoms with van der Waals surface area (Å²) in [5.41, 5.74) is -0.635. The second-order valence-electron chi connectivity index (χ2n) is 4.54. The number of carbonyl (C=O) groups excluding carboxylic acids is 3. The van der Waals surface area contributed by atoms with E-state index in [-0.39, 0.29) is 13.2 Å². The molecule has 0 bridgehead atoms. The molecular formula is C11H15NO6. The SMILES string of the molecule is CC(C)(C)OOC(=O)OCCN1C(=O)C=CC1=O. The highest BCUT2D eigenvalue weighted by atomic mass is 17.2. The lowest BCUT2D eigenvalue weighted by Crippen LogP contribution is -2.33. The lowest BCUT2D eigenvalue weighted by atomic mass is 10.2. The van der Waals surface area contributed by atoms with Crippen molar-refractivity contribution >= 4 is 18.0 Å². The van der Waals surface area contributed by atoms with Crippen molar-refractivity contribution in [2.75, 3.05) is 13.2 Å². The molecule has 0 spiro atoms. The quantitative estimate of drug-likeness (QED) is 0.320. The molecule has 0 atom stereocenters. The number of rotatable bonds is 4. The van der Waals surface area contributed by atoms with Crippen LogP contribution in [0.25, 0.3) is 0 Å². The number of amides is 2. The molecular weight excluding hydrogens is 242 g/mol. The van der Waals surface area contributed by atoms with E-state index in [0.717, 1.165) is 17.1 Å². The van der Waals surface area contributed by atoms with Gasteiger partial charge in [0.05, 0.1) is 6.54 Å². The van der Waals surface area contributed by atoms with E-state index in [2.05, 4.69) is 9.62 Å². The molecule has 0 aromatic rings. The van der Waals surface area contributed by atoms with Crippen molar-refractivity contribution in [3.8, 4) is 0 Å². The monoisotopic (exact) mass is 257 g/mol. The van der Waals surface area contributed by atoms with Gasteiger partial charge < -0.3 is 4.74 Å². The van der Waals surface area contributed by atoms with Gasteiger partial charge in [-0.15, -0.1) is 0 Å². The summed E-state index contributed by atoms with van der Waals surface area (Å²) in [5, 5.41) is 0. The van der Waals surface area contributed by atoms with Gasteiger partial charge in [0, 0.05) is 12.2 Å². The van der Waals surface area contributed by atoms with Crippen LogP contribution in [0.15, 0.2) is 12.2 Å². The third-order valence-electron chi connectivity index (χ3n) is 1.80. The van der Waals surface area contributed by atoms with Gasteiger partial charge in [-0.1, -0.05) is 0 Å². The van der Waals surface area contributed by atoms with Gasteiger partial charge in [-0.3, -0.25) is 19.4 Å². The molecule has 0 aromatic heterocycles. The molecule has 0 fully saturated rings. The molecule has 0 aliphatic carbocycles. The Kier molecular flexibility index (Phi) is 4.43. The van der Waals surface area contributed by atoms with Crippen LogP contribution in [0.4, 0.5) is 4.79 Å². The zero-order valence-corrected chi connectivity index (χ0v) is 10.5. The summed E-state index contributed by atoms with van der Waals surface area (Å²) in [6, 6.07) is 0. The first-order chi connectivity index (χ1) is 8.29. The number of hydrogen-bond donors (Lipinski definition) is 0. The maximum absolute atomic E-state index is 11.1. The Hall–Kier alpha value is -1.89. The maximum atomic E-state index is 11.1. The summed E-state index contributed by atoms with van der Waals surface area (Å²) in [7, 11) is 0. The third-order valence-corrected chi connectivity index (χ3v) is 1.80. The summed E-state index contributed by atoms with van der Waals surface area (Å²) in [4.78, 5) is 43.4. The number of ether oxygens (including phenoxy) is 1. The Balaban J connectivity index is 2.20. The molecule has 2 amide bonds. The molecule has 0 radical (unpaired) electrons. The van der Waals surface area contributed by atoms with Gasteiger partial charge in [-0.25, -0.2) is 4.79 Å². The van der Waals surface area contributed by atoms with E-state index < -0.39 is 23.6 Å². The molecule has 18 heavy (non-hydrogen) atoms. The lowest BCUT2D eigenvalue weighted by Gasteiger charge is -2.17.